The number of halogens is 1. The summed E-state index contributed by atoms with van der Waals surface area (Å²) in [5.74, 6) is 0.750. The highest BCUT2D eigenvalue weighted by Gasteiger charge is 2.22. The number of fused-ring (bicyclic) bond motifs is 1. The molecule has 3 N–H and O–H groups in total. The molecule has 0 aliphatic carbocycles. The summed E-state index contributed by atoms with van der Waals surface area (Å²) < 4.78 is 15.7. The molecule has 3 aromatic heterocycles. The fourth-order valence-electron chi connectivity index (χ4n) is 4.91. The molecule has 4 aromatic rings. The normalized spacial score (nSPS) is 15.3. The number of anilines is 3. The van der Waals surface area contributed by atoms with Gasteiger partial charge in [0.2, 0.25) is 5.95 Å². The van der Waals surface area contributed by atoms with E-state index < -0.39 is 18.4 Å². The lowest BCUT2D eigenvalue weighted by Gasteiger charge is -2.36. The van der Waals surface area contributed by atoms with Crippen LogP contribution < -0.4 is 15.8 Å². The molecule has 11 nitrogen and oxygen atoms in total. The van der Waals surface area contributed by atoms with Crippen molar-refractivity contribution >= 4 is 28.4 Å². The molecule has 0 amide bonds. The minimum Gasteiger partial charge on any atom is -0.389 e. The van der Waals surface area contributed by atoms with Gasteiger partial charge < -0.3 is 20.4 Å². The van der Waals surface area contributed by atoms with Gasteiger partial charge in [-0.05, 0) is 50.2 Å². The highest BCUT2D eigenvalue weighted by molar-refractivity contribution is 5.77. The molecule has 1 aromatic carbocycles. The van der Waals surface area contributed by atoms with Gasteiger partial charge in [0.15, 0.2) is 11.5 Å². The fourth-order valence-corrected chi connectivity index (χ4v) is 4.91. The summed E-state index contributed by atoms with van der Waals surface area (Å²) in [6.45, 7) is 10.0. The number of aromatic nitrogens is 5. The van der Waals surface area contributed by atoms with E-state index in [2.05, 4.69) is 36.6 Å². The lowest BCUT2D eigenvalue weighted by Crippen LogP contribution is -2.48. The first-order chi connectivity index (χ1) is 19.7. The van der Waals surface area contributed by atoms with E-state index in [9.17, 15) is 19.4 Å². The molecule has 1 fully saturated rings. The summed E-state index contributed by atoms with van der Waals surface area (Å²) in [7, 11) is 0. The van der Waals surface area contributed by atoms with E-state index in [1.807, 2.05) is 24.3 Å². The zero-order chi connectivity index (χ0) is 29.1. The van der Waals surface area contributed by atoms with Gasteiger partial charge >= 0.3 is 0 Å². The van der Waals surface area contributed by atoms with Gasteiger partial charge in [-0.1, -0.05) is 12.1 Å². The average molecular weight is 563 g/mol. The number of rotatable bonds is 10. The van der Waals surface area contributed by atoms with Crippen LogP contribution in [-0.2, 0) is 12.1 Å². The van der Waals surface area contributed by atoms with E-state index in [4.69, 9.17) is 0 Å². The summed E-state index contributed by atoms with van der Waals surface area (Å²) in [4.78, 5) is 31.2. The number of hydrogen-bond acceptors (Lipinski definition) is 9. The third kappa shape index (κ3) is 6.14. The van der Waals surface area contributed by atoms with Gasteiger partial charge in [-0.25, -0.2) is 23.7 Å². The molecular weight excluding hydrogens is 527 g/mol. The van der Waals surface area contributed by atoms with Gasteiger partial charge in [0.05, 0.1) is 18.3 Å². The number of piperazine rings is 1. The number of β-amino-alcohol motifs (C(OH)–C–C–N with tert-alkyl or cyclic N) is 1. The number of nitrogens with one attached hydrogen (secondary N) is 1. The third-order valence-corrected chi connectivity index (χ3v) is 7.06. The second-order valence-corrected chi connectivity index (χ2v) is 10.6. The van der Waals surface area contributed by atoms with Crippen molar-refractivity contribution < 1.29 is 14.6 Å². The first-order valence-corrected chi connectivity index (χ1v) is 13.6. The summed E-state index contributed by atoms with van der Waals surface area (Å²) >= 11 is 0. The molecule has 0 bridgehead atoms. The summed E-state index contributed by atoms with van der Waals surface area (Å²) in [6, 6.07) is 13.2. The van der Waals surface area contributed by atoms with Crippen molar-refractivity contribution in [1.29, 1.82) is 0 Å². The quantitative estimate of drug-likeness (QED) is 0.250. The number of aliphatic hydroxyl groups is 2. The van der Waals surface area contributed by atoms with Crippen molar-refractivity contribution in [3.63, 3.8) is 0 Å². The third-order valence-electron chi connectivity index (χ3n) is 7.06. The fraction of sp³-hybridized carbons (Fsp3) is 0.379. The maximum absolute atomic E-state index is 13.2. The predicted molar refractivity (Wildman–Crippen MR) is 157 cm³/mol. The van der Waals surface area contributed by atoms with E-state index in [-0.39, 0.29) is 12.1 Å². The van der Waals surface area contributed by atoms with Crippen LogP contribution in [-0.4, -0.2) is 84.9 Å². The lowest BCUT2D eigenvalue weighted by atomic mass is 10.1. The zero-order valence-electron chi connectivity index (χ0n) is 23.2. The molecule has 0 saturated carbocycles. The lowest BCUT2D eigenvalue weighted by molar-refractivity contribution is 0.0738. The number of alkyl halides is 1. The molecule has 41 heavy (non-hydrogen) atoms. The van der Waals surface area contributed by atoms with Gasteiger partial charge in [0.1, 0.15) is 17.7 Å². The molecule has 0 radical (unpaired) electrons. The molecular formula is C29H35FN8O3. The molecule has 1 aliphatic heterocycles. The minimum atomic E-state index is -1.16. The Kier molecular flexibility index (Phi) is 8.15. The molecule has 0 spiro atoms. The maximum Gasteiger partial charge on any atom is 0.278 e. The Morgan fingerprint density at radius 3 is 2.51 bits per heavy atom. The topological polar surface area (TPSA) is 125 Å². The first kappa shape index (κ1) is 28.4. The van der Waals surface area contributed by atoms with E-state index in [0.29, 0.717) is 35.0 Å². The summed E-state index contributed by atoms with van der Waals surface area (Å²) in [5.41, 5.74) is 1.24. The van der Waals surface area contributed by atoms with Gasteiger partial charge in [0.25, 0.3) is 5.56 Å². The highest BCUT2D eigenvalue weighted by Crippen LogP contribution is 2.24. The maximum atomic E-state index is 13.2. The van der Waals surface area contributed by atoms with Crippen molar-refractivity contribution in [2.45, 2.75) is 32.1 Å². The number of hydrogen-bond donors (Lipinski definition) is 3. The molecule has 1 unspecified atom stereocenters. The Bertz CT molecular complexity index is 1570. The van der Waals surface area contributed by atoms with Gasteiger partial charge in [-0.3, -0.25) is 9.69 Å². The largest absolute Gasteiger partial charge is 0.389 e. The van der Waals surface area contributed by atoms with Crippen LogP contribution >= 0.6 is 0 Å². The molecule has 1 aliphatic rings. The summed E-state index contributed by atoms with van der Waals surface area (Å²) in [5, 5.41) is 23.6. The molecule has 4 heterocycles. The Balaban J connectivity index is 1.39. The van der Waals surface area contributed by atoms with E-state index >= 15 is 0 Å². The molecule has 1 saturated heterocycles. The van der Waals surface area contributed by atoms with E-state index in [1.54, 1.807) is 42.8 Å². The van der Waals surface area contributed by atoms with Gasteiger partial charge in [0, 0.05) is 50.3 Å². The van der Waals surface area contributed by atoms with Crippen molar-refractivity contribution in [3.8, 4) is 5.82 Å². The standard InChI is InChI=1S/C29H35FN8O3/c1-4-12-37-27(40)23-18-31-28(34-26(23)38(37)25-7-5-6-24(33-25)29(2,3)41)32-20-8-10-21(11-9-20)36-15-13-35(14-16-36)19-22(39)17-30/h4-11,18,22,39,41H,1,12-17,19H2,2-3H3,(H,31,32,34). The average Bonchev–Trinajstić information content (AvgIpc) is 3.24. The van der Waals surface area contributed by atoms with Crippen LogP contribution in [0.4, 0.5) is 21.7 Å². The van der Waals surface area contributed by atoms with E-state index in [0.717, 1.165) is 37.6 Å². The van der Waals surface area contributed by atoms with Crippen molar-refractivity contribution in [1.82, 2.24) is 29.2 Å². The van der Waals surface area contributed by atoms with Crippen LogP contribution in [0.1, 0.15) is 19.5 Å². The van der Waals surface area contributed by atoms with Crippen LogP contribution in [0.5, 0.6) is 0 Å². The Hall–Kier alpha value is -4.13. The van der Waals surface area contributed by atoms with Crippen LogP contribution in [0.2, 0.25) is 0 Å². The van der Waals surface area contributed by atoms with E-state index in [1.165, 1.54) is 10.9 Å². The number of allylic oxidation sites excluding steroid dienone is 1. The number of benzene rings is 1. The SMILES string of the molecule is C=CCn1c(=O)c2cnc(Nc3ccc(N4CCN(CC(O)CF)CC4)cc3)nc2n1-c1cccc(C(C)(C)O)n1. The molecule has 216 valence electrons. The Morgan fingerprint density at radius 2 is 1.85 bits per heavy atom. The minimum absolute atomic E-state index is 0.235. The number of aliphatic hydroxyl groups excluding tert-OH is 1. The Morgan fingerprint density at radius 1 is 1.12 bits per heavy atom. The first-order valence-electron chi connectivity index (χ1n) is 13.6. The number of pyridine rings is 1. The van der Waals surface area contributed by atoms with Crippen molar-refractivity contribution in [2.24, 2.45) is 0 Å². The van der Waals surface area contributed by atoms with Crippen molar-refractivity contribution in [3.05, 3.63) is 77.4 Å². The van der Waals surface area contributed by atoms with Crippen molar-refractivity contribution in [2.75, 3.05) is 49.6 Å². The second kappa shape index (κ2) is 11.8. The molecule has 5 rings (SSSR count). The van der Waals surface area contributed by atoms with Crippen LogP contribution in [0, 0.1) is 0 Å². The monoisotopic (exact) mass is 562 g/mol. The highest BCUT2D eigenvalue weighted by atomic mass is 19.1. The molecule has 12 heteroatoms. The van der Waals surface area contributed by atoms with Gasteiger partial charge in [-0.15, -0.1) is 6.58 Å². The Labute approximate surface area is 237 Å². The number of nitrogens with zero attached hydrogens (tertiary/aromatic N) is 7. The smallest absolute Gasteiger partial charge is 0.278 e. The predicted octanol–water partition coefficient (Wildman–Crippen LogP) is 2.59. The molecule has 1 atom stereocenters. The van der Waals surface area contributed by atoms with Crippen LogP contribution in [0.25, 0.3) is 16.9 Å². The van der Waals surface area contributed by atoms with Gasteiger partial charge in [-0.2, -0.15) is 4.98 Å². The summed E-state index contributed by atoms with van der Waals surface area (Å²) in [6.07, 6.45) is 2.19. The second-order valence-electron chi connectivity index (χ2n) is 10.6. The van der Waals surface area contributed by atoms with Crippen LogP contribution in [0.15, 0.2) is 66.1 Å². The van der Waals surface area contributed by atoms with Crippen LogP contribution in [0.3, 0.4) is 0 Å². The zero-order valence-corrected chi connectivity index (χ0v) is 23.2.